The zero-order valence-electron chi connectivity index (χ0n) is 7.59. The molecule has 0 amide bonds. The van der Waals surface area contributed by atoms with E-state index < -0.39 is 0 Å². The normalized spacial score (nSPS) is 26.1. The average molecular weight is 150 g/mol. The summed E-state index contributed by atoms with van der Waals surface area (Å²) in [7, 11) is 0. The highest BCUT2D eigenvalue weighted by Crippen LogP contribution is 2.21. The summed E-state index contributed by atoms with van der Waals surface area (Å²) >= 11 is 0. The first-order chi connectivity index (χ1) is 5.30. The van der Waals surface area contributed by atoms with Crippen molar-refractivity contribution in [2.75, 3.05) is 0 Å². The zero-order chi connectivity index (χ0) is 8.10. The Hall–Kier alpha value is -0.520. The van der Waals surface area contributed by atoms with E-state index in [0.29, 0.717) is 0 Å². The Bertz CT molecular complexity index is 137. The van der Waals surface area contributed by atoms with Gasteiger partial charge in [0, 0.05) is 0 Å². The minimum atomic E-state index is 0.822. The predicted octanol–water partition coefficient (Wildman–Crippen LogP) is 3.55. The highest BCUT2D eigenvalue weighted by atomic mass is 14.1. The van der Waals surface area contributed by atoms with Crippen LogP contribution in [0.5, 0.6) is 0 Å². The Kier molecular flexibility index (Phi) is 3.41. The second kappa shape index (κ2) is 4.38. The van der Waals surface area contributed by atoms with Gasteiger partial charge in [-0.15, -0.1) is 0 Å². The van der Waals surface area contributed by atoms with Crippen LogP contribution in [0.4, 0.5) is 0 Å². The van der Waals surface area contributed by atoms with E-state index in [1.165, 1.54) is 12.8 Å². The van der Waals surface area contributed by atoms with E-state index in [0.717, 1.165) is 18.3 Å². The smallest absolute Gasteiger partial charge is 0.0169 e. The summed E-state index contributed by atoms with van der Waals surface area (Å²) in [6, 6.07) is 0. The molecule has 0 spiro atoms. The first-order valence-corrected chi connectivity index (χ1v) is 4.60. The Morgan fingerprint density at radius 1 is 1.00 bits per heavy atom. The third-order valence-corrected chi connectivity index (χ3v) is 2.43. The quantitative estimate of drug-likeness (QED) is 0.501. The molecule has 0 aromatic rings. The summed E-state index contributed by atoms with van der Waals surface area (Å²) in [6.45, 7) is 4.63. The van der Waals surface area contributed by atoms with Crippen molar-refractivity contribution in [1.29, 1.82) is 0 Å². The molecule has 1 aliphatic carbocycles. The first-order valence-electron chi connectivity index (χ1n) is 4.60. The standard InChI is InChI=1S/C11H18/c1-10(2)11-8-6-4-3-5-7-9-11/h4-7,10-11H,3,8-9H2,1-2H3/b6-4-,7-5-. The topological polar surface area (TPSA) is 0 Å². The number of allylic oxidation sites excluding steroid dienone is 4. The molecule has 62 valence electrons. The van der Waals surface area contributed by atoms with Crippen LogP contribution in [0.2, 0.25) is 0 Å². The summed E-state index contributed by atoms with van der Waals surface area (Å²) in [5.41, 5.74) is 0. The molecule has 0 aliphatic heterocycles. The zero-order valence-corrected chi connectivity index (χ0v) is 7.59. The maximum absolute atomic E-state index is 2.33. The van der Waals surface area contributed by atoms with E-state index >= 15 is 0 Å². The van der Waals surface area contributed by atoms with E-state index in [4.69, 9.17) is 0 Å². The van der Waals surface area contributed by atoms with Crippen molar-refractivity contribution in [3.63, 3.8) is 0 Å². The summed E-state index contributed by atoms with van der Waals surface area (Å²) < 4.78 is 0. The van der Waals surface area contributed by atoms with E-state index in [2.05, 4.69) is 38.2 Å². The molecule has 0 aromatic carbocycles. The second-order valence-corrected chi connectivity index (χ2v) is 3.65. The summed E-state index contributed by atoms with van der Waals surface area (Å²) in [4.78, 5) is 0. The van der Waals surface area contributed by atoms with Gasteiger partial charge in [-0.05, 0) is 31.1 Å². The maximum atomic E-state index is 2.33. The van der Waals surface area contributed by atoms with Gasteiger partial charge < -0.3 is 0 Å². The fourth-order valence-electron chi connectivity index (χ4n) is 1.45. The summed E-state index contributed by atoms with van der Waals surface area (Å²) in [6.07, 6.45) is 12.9. The van der Waals surface area contributed by atoms with Gasteiger partial charge in [0.15, 0.2) is 0 Å². The van der Waals surface area contributed by atoms with Crippen molar-refractivity contribution < 1.29 is 0 Å². The van der Waals surface area contributed by atoms with Crippen molar-refractivity contribution >= 4 is 0 Å². The predicted molar refractivity (Wildman–Crippen MR) is 50.5 cm³/mol. The maximum Gasteiger partial charge on any atom is -0.0169 e. The third-order valence-electron chi connectivity index (χ3n) is 2.43. The summed E-state index contributed by atoms with van der Waals surface area (Å²) in [5.74, 6) is 1.69. The molecule has 0 aromatic heterocycles. The molecule has 0 radical (unpaired) electrons. The molecule has 1 rings (SSSR count). The highest BCUT2D eigenvalue weighted by Gasteiger charge is 2.09. The average Bonchev–Trinajstić information content (AvgIpc) is 1.84. The molecule has 0 atom stereocenters. The van der Waals surface area contributed by atoms with Gasteiger partial charge in [0.05, 0.1) is 0 Å². The van der Waals surface area contributed by atoms with Gasteiger partial charge in [0.25, 0.3) is 0 Å². The monoisotopic (exact) mass is 150 g/mol. The van der Waals surface area contributed by atoms with Crippen molar-refractivity contribution in [1.82, 2.24) is 0 Å². The van der Waals surface area contributed by atoms with E-state index in [1.807, 2.05) is 0 Å². The fourth-order valence-corrected chi connectivity index (χ4v) is 1.45. The van der Waals surface area contributed by atoms with E-state index in [-0.39, 0.29) is 0 Å². The first kappa shape index (κ1) is 8.58. The van der Waals surface area contributed by atoms with E-state index in [1.54, 1.807) is 0 Å². The number of rotatable bonds is 1. The lowest BCUT2D eigenvalue weighted by atomic mass is 9.88. The molecule has 0 heterocycles. The van der Waals surface area contributed by atoms with Crippen LogP contribution in [0, 0.1) is 11.8 Å². The summed E-state index contributed by atoms with van der Waals surface area (Å²) in [5, 5.41) is 0. The largest absolute Gasteiger partial charge is 0.0879 e. The van der Waals surface area contributed by atoms with Crippen LogP contribution >= 0.6 is 0 Å². The van der Waals surface area contributed by atoms with Gasteiger partial charge in [-0.3, -0.25) is 0 Å². The molecular weight excluding hydrogens is 132 g/mol. The Morgan fingerprint density at radius 2 is 1.55 bits per heavy atom. The van der Waals surface area contributed by atoms with Crippen molar-refractivity contribution in [3.8, 4) is 0 Å². The van der Waals surface area contributed by atoms with Gasteiger partial charge in [0.2, 0.25) is 0 Å². The van der Waals surface area contributed by atoms with Gasteiger partial charge in [0.1, 0.15) is 0 Å². The lowest BCUT2D eigenvalue weighted by Gasteiger charge is -2.17. The van der Waals surface area contributed by atoms with Crippen LogP contribution in [0.25, 0.3) is 0 Å². The molecule has 0 saturated heterocycles. The molecule has 0 N–H and O–H groups in total. The SMILES string of the molecule is CC(C)C1C/C=C\C/C=C\C1. The van der Waals surface area contributed by atoms with Gasteiger partial charge in [-0.25, -0.2) is 0 Å². The Balaban J connectivity index is 2.47. The fraction of sp³-hybridized carbons (Fsp3) is 0.636. The van der Waals surface area contributed by atoms with Crippen molar-refractivity contribution in [3.05, 3.63) is 24.3 Å². The van der Waals surface area contributed by atoms with Crippen LogP contribution in [0.15, 0.2) is 24.3 Å². The van der Waals surface area contributed by atoms with Crippen molar-refractivity contribution in [2.24, 2.45) is 11.8 Å². The molecular formula is C11H18. The van der Waals surface area contributed by atoms with E-state index in [9.17, 15) is 0 Å². The molecule has 0 saturated carbocycles. The lowest BCUT2D eigenvalue weighted by Crippen LogP contribution is -2.06. The molecule has 0 nitrogen and oxygen atoms in total. The van der Waals surface area contributed by atoms with Gasteiger partial charge >= 0.3 is 0 Å². The minimum absolute atomic E-state index is 0.822. The molecule has 0 fully saturated rings. The molecule has 11 heavy (non-hydrogen) atoms. The Morgan fingerprint density at radius 3 is 2.00 bits per heavy atom. The lowest BCUT2D eigenvalue weighted by molar-refractivity contribution is 0.391. The minimum Gasteiger partial charge on any atom is -0.0879 e. The second-order valence-electron chi connectivity index (χ2n) is 3.65. The van der Waals surface area contributed by atoms with Crippen LogP contribution in [0.3, 0.4) is 0 Å². The van der Waals surface area contributed by atoms with Crippen LogP contribution < -0.4 is 0 Å². The molecule has 0 heteroatoms. The Labute approximate surface area is 70.0 Å². The molecule has 0 unspecified atom stereocenters. The van der Waals surface area contributed by atoms with Crippen LogP contribution in [0.1, 0.15) is 33.1 Å². The van der Waals surface area contributed by atoms with Crippen molar-refractivity contribution in [2.45, 2.75) is 33.1 Å². The van der Waals surface area contributed by atoms with Crippen LogP contribution in [-0.4, -0.2) is 0 Å². The van der Waals surface area contributed by atoms with Gasteiger partial charge in [-0.2, -0.15) is 0 Å². The number of hydrogen-bond acceptors (Lipinski definition) is 0. The number of hydrogen-bond donors (Lipinski definition) is 0. The molecule has 1 aliphatic rings. The highest BCUT2D eigenvalue weighted by molar-refractivity contribution is 4.98. The van der Waals surface area contributed by atoms with Crippen LogP contribution in [-0.2, 0) is 0 Å². The third kappa shape index (κ3) is 2.92. The molecule has 0 bridgehead atoms. The van der Waals surface area contributed by atoms with Gasteiger partial charge in [-0.1, -0.05) is 38.2 Å².